The molecule has 19 heavy (non-hydrogen) atoms. The summed E-state index contributed by atoms with van der Waals surface area (Å²) in [6.07, 6.45) is 1.80. The number of benzene rings is 1. The van der Waals surface area contributed by atoms with Gasteiger partial charge in [0, 0.05) is 6.04 Å². The summed E-state index contributed by atoms with van der Waals surface area (Å²) >= 11 is 1.27. The second-order valence-corrected chi connectivity index (χ2v) is 7.74. The number of hydrogen-bond donors (Lipinski definition) is 0. The van der Waals surface area contributed by atoms with Crippen LogP contribution in [0.2, 0.25) is 0 Å². The Morgan fingerprint density at radius 2 is 2.00 bits per heavy atom. The molecule has 100 valence electrons. The van der Waals surface area contributed by atoms with Crippen LogP contribution in [-0.4, -0.2) is 14.5 Å². The fourth-order valence-electron chi connectivity index (χ4n) is 2.53. The fourth-order valence-corrected chi connectivity index (χ4v) is 5.33. The number of thiophene rings is 1. The molecule has 2 aromatic rings. The lowest BCUT2D eigenvalue weighted by atomic mass is 9.99. The first-order chi connectivity index (χ1) is 9.10. The van der Waals surface area contributed by atoms with Crippen molar-refractivity contribution in [2.24, 2.45) is 0 Å². The number of anilines is 1. The van der Waals surface area contributed by atoms with E-state index in [1.807, 2.05) is 31.2 Å². The minimum Gasteiger partial charge on any atom is -0.263 e. The van der Waals surface area contributed by atoms with Crippen LogP contribution in [0.3, 0.4) is 0 Å². The van der Waals surface area contributed by atoms with Gasteiger partial charge in [0.2, 0.25) is 0 Å². The van der Waals surface area contributed by atoms with E-state index in [-0.39, 0.29) is 6.04 Å². The van der Waals surface area contributed by atoms with Crippen LogP contribution in [0.4, 0.5) is 5.69 Å². The Morgan fingerprint density at radius 3 is 2.74 bits per heavy atom. The first-order valence-electron chi connectivity index (χ1n) is 6.26. The third-order valence-corrected chi connectivity index (χ3v) is 6.77. The van der Waals surface area contributed by atoms with Crippen molar-refractivity contribution >= 4 is 27.0 Å². The van der Waals surface area contributed by atoms with Gasteiger partial charge in [-0.15, -0.1) is 11.3 Å². The highest BCUT2D eigenvalue weighted by Crippen LogP contribution is 2.36. The van der Waals surface area contributed by atoms with Crippen molar-refractivity contribution in [1.29, 1.82) is 0 Å². The predicted octanol–water partition coefficient (Wildman–Crippen LogP) is 3.28. The van der Waals surface area contributed by atoms with Gasteiger partial charge in [0.1, 0.15) is 4.21 Å². The Hall–Kier alpha value is -1.33. The van der Waals surface area contributed by atoms with E-state index < -0.39 is 10.0 Å². The van der Waals surface area contributed by atoms with E-state index in [9.17, 15) is 8.42 Å². The van der Waals surface area contributed by atoms with Gasteiger partial charge in [-0.2, -0.15) is 0 Å². The molecule has 5 heteroatoms. The summed E-state index contributed by atoms with van der Waals surface area (Å²) < 4.78 is 27.5. The summed E-state index contributed by atoms with van der Waals surface area (Å²) in [4.78, 5) is 0. The van der Waals surface area contributed by atoms with Crippen molar-refractivity contribution in [3.63, 3.8) is 0 Å². The molecule has 0 aliphatic carbocycles. The summed E-state index contributed by atoms with van der Waals surface area (Å²) in [5, 5.41) is 1.80. The molecule has 1 aliphatic heterocycles. The van der Waals surface area contributed by atoms with Gasteiger partial charge < -0.3 is 0 Å². The van der Waals surface area contributed by atoms with Gasteiger partial charge in [-0.05, 0) is 42.8 Å². The molecule has 3 rings (SSSR count). The summed E-state index contributed by atoms with van der Waals surface area (Å²) in [7, 11) is -3.43. The van der Waals surface area contributed by atoms with Crippen LogP contribution in [0.25, 0.3) is 0 Å². The molecule has 0 N–H and O–H groups in total. The van der Waals surface area contributed by atoms with Crippen molar-refractivity contribution in [2.45, 2.75) is 30.0 Å². The standard InChI is InChI=1S/C14H15NO2S2/c1-11-8-9-12-5-2-3-6-13(12)15(11)19(16,17)14-7-4-10-18-14/h2-7,10-11H,8-9H2,1H3. The maximum absolute atomic E-state index is 12.8. The van der Waals surface area contributed by atoms with Crippen LogP contribution in [0, 0.1) is 0 Å². The average molecular weight is 293 g/mol. The Labute approximate surface area is 117 Å². The minimum absolute atomic E-state index is 0.00185. The molecule has 0 spiro atoms. The second-order valence-electron chi connectivity index (χ2n) is 4.75. The number of hydrogen-bond acceptors (Lipinski definition) is 3. The highest BCUT2D eigenvalue weighted by molar-refractivity contribution is 7.94. The third-order valence-electron chi connectivity index (χ3n) is 3.47. The largest absolute Gasteiger partial charge is 0.274 e. The zero-order valence-electron chi connectivity index (χ0n) is 10.6. The van der Waals surface area contributed by atoms with Gasteiger partial charge in [-0.25, -0.2) is 8.42 Å². The van der Waals surface area contributed by atoms with E-state index in [0.29, 0.717) is 4.21 Å². The lowest BCUT2D eigenvalue weighted by molar-refractivity contribution is 0.565. The fraction of sp³-hybridized carbons (Fsp3) is 0.286. The quantitative estimate of drug-likeness (QED) is 0.852. The van der Waals surface area contributed by atoms with E-state index >= 15 is 0 Å². The minimum atomic E-state index is -3.43. The zero-order chi connectivity index (χ0) is 13.5. The molecule has 1 aromatic carbocycles. The second kappa shape index (κ2) is 4.65. The molecule has 2 heterocycles. The molecule has 0 bridgehead atoms. The SMILES string of the molecule is CC1CCc2ccccc2N1S(=O)(=O)c1cccs1. The topological polar surface area (TPSA) is 37.4 Å². The Balaban J connectivity index is 2.15. The lowest BCUT2D eigenvalue weighted by Gasteiger charge is -2.35. The molecular weight excluding hydrogens is 278 g/mol. The Kier molecular flexibility index (Phi) is 3.11. The first-order valence-corrected chi connectivity index (χ1v) is 8.58. The van der Waals surface area contributed by atoms with Crippen molar-refractivity contribution in [2.75, 3.05) is 4.31 Å². The normalized spacial score (nSPS) is 19.2. The third kappa shape index (κ3) is 2.07. The Bertz CT molecular complexity index is 677. The molecule has 0 saturated heterocycles. The van der Waals surface area contributed by atoms with Crippen LogP contribution >= 0.6 is 11.3 Å². The number of fused-ring (bicyclic) bond motifs is 1. The molecule has 1 aliphatic rings. The summed E-state index contributed by atoms with van der Waals surface area (Å²) in [5.74, 6) is 0. The first kappa shape index (κ1) is 12.7. The van der Waals surface area contributed by atoms with Gasteiger partial charge in [0.15, 0.2) is 0 Å². The average Bonchev–Trinajstić information content (AvgIpc) is 2.92. The molecule has 0 fully saturated rings. The van der Waals surface area contributed by atoms with E-state index in [2.05, 4.69) is 0 Å². The van der Waals surface area contributed by atoms with Crippen LogP contribution < -0.4 is 4.31 Å². The van der Waals surface area contributed by atoms with Crippen LogP contribution in [0.5, 0.6) is 0 Å². The molecule has 1 atom stereocenters. The number of para-hydroxylation sites is 1. The van der Waals surface area contributed by atoms with Crippen molar-refractivity contribution < 1.29 is 8.42 Å². The highest BCUT2D eigenvalue weighted by Gasteiger charge is 2.33. The van der Waals surface area contributed by atoms with Gasteiger partial charge in [0.25, 0.3) is 10.0 Å². The van der Waals surface area contributed by atoms with Crippen molar-refractivity contribution in [1.82, 2.24) is 0 Å². The maximum atomic E-state index is 12.8. The Morgan fingerprint density at radius 1 is 1.21 bits per heavy atom. The van der Waals surface area contributed by atoms with Gasteiger partial charge in [-0.1, -0.05) is 24.3 Å². The van der Waals surface area contributed by atoms with E-state index in [0.717, 1.165) is 24.1 Å². The summed E-state index contributed by atoms with van der Waals surface area (Å²) in [6.45, 7) is 1.97. The van der Waals surface area contributed by atoms with Crippen LogP contribution in [0.15, 0.2) is 46.0 Å². The van der Waals surface area contributed by atoms with Gasteiger partial charge >= 0.3 is 0 Å². The number of aryl methyl sites for hydroxylation is 1. The highest BCUT2D eigenvalue weighted by atomic mass is 32.2. The molecule has 0 saturated carbocycles. The van der Waals surface area contributed by atoms with Crippen LogP contribution in [-0.2, 0) is 16.4 Å². The molecule has 1 aromatic heterocycles. The molecule has 0 amide bonds. The van der Waals surface area contributed by atoms with Gasteiger partial charge in [-0.3, -0.25) is 4.31 Å². The van der Waals surface area contributed by atoms with Crippen LogP contribution in [0.1, 0.15) is 18.9 Å². The molecular formula is C14H15NO2S2. The molecule has 3 nitrogen and oxygen atoms in total. The number of rotatable bonds is 2. The smallest absolute Gasteiger partial charge is 0.263 e. The number of sulfonamides is 1. The maximum Gasteiger partial charge on any atom is 0.274 e. The summed E-state index contributed by atoms with van der Waals surface area (Å²) in [5.41, 5.74) is 1.94. The van der Waals surface area contributed by atoms with Crippen molar-refractivity contribution in [3.8, 4) is 0 Å². The monoisotopic (exact) mass is 293 g/mol. The predicted molar refractivity (Wildman–Crippen MR) is 78.2 cm³/mol. The zero-order valence-corrected chi connectivity index (χ0v) is 12.2. The summed E-state index contributed by atoms with van der Waals surface area (Å²) in [6, 6.07) is 11.2. The van der Waals surface area contributed by atoms with E-state index in [1.54, 1.807) is 21.8 Å². The lowest BCUT2D eigenvalue weighted by Crippen LogP contribution is -2.41. The van der Waals surface area contributed by atoms with Crippen molar-refractivity contribution in [3.05, 3.63) is 47.3 Å². The van der Waals surface area contributed by atoms with E-state index in [4.69, 9.17) is 0 Å². The van der Waals surface area contributed by atoms with Gasteiger partial charge in [0.05, 0.1) is 5.69 Å². The molecule has 1 unspecified atom stereocenters. The molecule has 0 radical (unpaired) electrons. The van der Waals surface area contributed by atoms with E-state index in [1.165, 1.54) is 11.3 Å². The number of nitrogens with zero attached hydrogens (tertiary/aromatic N) is 1.